The molecule has 2 saturated heterocycles. The van der Waals surface area contributed by atoms with Gasteiger partial charge >= 0.3 is 11.9 Å². The summed E-state index contributed by atoms with van der Waals surface area (Å²) in [6, 6.07) is 19.3. The van der Waals surface area contributed by atoms with Crippen molar-refractivity contribution in [3.05, 3.63) is 84.4 Å². The van der Waals surface area contributed by atoms with Gasteiger partial charge in [-0.1, -0.05) is 66.7 Å². The molecule has 2 fully saturated rings. The molecule has 0 bridgehead atoms. The maximum atomic E-state index is 12.8. The minimum Gasteiger partial charge on any atom is -0.459 e. The average molecular weight is 661 g/mol. The van der Waals surface area contributed by atoms with E-state index in [1.54, 1.807) is 36.6 Å². The van der Waals surface area contributed by atoms with Crippen LogP contribution in [0.5, 0.6) is 0 Å². The number of esters is 2. The fraction of sp³-hybridized carbons (Fsp3) is 0.513. The van der Waals surface area contributed by atoms with Crippen molar-refractivity contribution in [2.45, 2.75) is 104 Å². The Morgan fingerprint density at radius 2 is 1.08 bits per heavy atom. The normalized spacial score (nSPS) is 22.3. The van der Waals surface area contributed by atoms with Crippen LogP contribution in [0.4, 0.5) is 0 Å². The number of benzene rings is 2. The monoisotopic (exact) mass is 660 g/mol. The molecule has 0 aliphatic carbocycles. The van der Waals surface area contributed by atoms with Crippen molar-refractivity contribution in [2.24, 2.45) is 10.8 Å². The van der Waals surface area contributed by atoms with Gasteiger partial charge in [-0.05, 0) is 72.9 Å². The number of carbonyl (C=O) groups is 5. The molecule has 0 aromatic heterocycles. The first-order valence-corrected chi connectivity index (χ1v) is 16.6. The summed E-state index contributed by atoms with van der Waals surface area (Å²) in [5, 5.41) is 0. The molecule has 2 amide bonds. The average Bonchev–Trinajstić information content (AvgIpc) is 3.53. The van der Waals surface area contributed by atoms with Crippen molar-refractivity contribution in [3.8, 4) is 0 Å². The highest BCUT2D eigenvalue weighted by Crippen LogP contribution is 2.42. The molecule has 0 spiro atoms. The van der Waals surface area contributed by atoms with Crippen molar-refractivity contribution in [3.63, 3.8) is 0 Å². The van der Waals surface area contributed by atoms with Crippen LogP contribution in [-0.2, 0) is 33.4 Å². The van der Waals surface area contributed by atoms with Crippen LogP contribution in [0.25, 0.3) is 0 Å². The Balaban J connectivity index is 0.000000260. The largest absolute Gasteiger partial charge is 0.459 e. The van der Waals surface area contributed by atoms with Gasteiger partial charge in [0.05, 0.1) is 17.5 Å². The number of ether oxygens (including phenoxy) is 2. The zero-order valence-electron chi connectivity index (χ0n) is 29.8. The van der Waals surface area contributed by atoms with Gasteiger partial charge in [-0.25, -0.2) is 0 Å². The van der Waals surface area contributed by atoms with Crippen LogP contribution in [0.1, 0.15) is 104 Å². The summed E-state index contributed by atoms with van der Waals surface area (Å²) in [7, 11) is 0. The van der Waals surface area contributed by atoms with Gasteiger partial charge in [0, 0.05) is 32.4 Å². The fourth-order valence-electron chi connectivity index (χ4n) is 6.17. The maximum Gasteiger partial charge on any atom is 0.315 e. The molecule has 2 aromatic rings. The van der Waals surface area contributed by atoms with Crippen molar-refractivity contribution in [2.75, 3.05) is 13.1 Å². The highest BCUT2D eigenvalue weighted by Gasteiger charge is 2.52. The molecule has 2 aromatic carbocycles. The second-order valence-electron chi connectivity index (χ2n) is 15.0. The fourth-order valence-corrected chi connectivity index (χ4v) is 6.17. The van der Waals surface area contributed by atoms with Gasteiger partial charge in [0.1, 0.15) is 22.9 Å². The summed E-state index contributed by atoms with van der Waals surface area (Å²) < 4.78 is 11.1. The predicted molar refractivity (Wildman–Crippen MR) is 184 cm³/mol. The third-order valence-corrected chi connectivity index (χ3v) is 8.74. The second-order valence-corrected chi connectivity index (χ2v) is 15.0. The Kier molecular flexibility index (Phi) is 12.2. The summed E-state index contributed by atoms with van der Waals surface area (Å²) in [5.41, 5.74) is -1.10. The number of hydrogen-bond acceptors (Lipinski definition) is 7. The molecule has 48 heavy (non-hydrogen) atoms. The van der Waals surface area contributed by atoms with E-state index in [4.69, 9.17) is 9.47 Å². The minimum absolute atomic E-state index is 0.00827. The molecule has 9 heteroatoms. The number of rotatable bonds is 10. The van der Waals surface area contributed by atoms with E-state index >= 15 is 0 Å². The minimum atomic E-state index is -1.09. The van der Waals surface area contributed by atoms with Crippen molar-refractivity contribution >= 4 is 30.0 Å². The summed E-state index contributed by atoms with van der Waals surface area (Å²) in [6.07, 6.45) is 3.02. The number of carbonyl (C=O) groups excluding carboxylic acids is 5. The molecule has 2 aliphatic heterocycles. The summed E-state index contributed by atoms with van der Waals surface area (Å²) in [6.45, 7) is 19.1. The predicted octanol–water partition coefficient (Wildman–Crippen LogP) is 6.78. The van der Waals surface area contributed by atoms with E-state index in [9.17, 15) is 24.0 Å². The van der Waals surface area contributed by atoms with Crippen LogP contribution in [0, 0.1) is 10.8 Å². The zero-order valence-corrected chi connectivity index (χ0v) is 29.8. The molecule has 2 heterocycles. The number of hydrogen-bond donors (Lipinski definition) is 0. The molecule has 4 rings (SSSR count). The van der Waals surface area contributed by atoms with Crippen molar-refractivity contribution < 1.29 is 33.4 Å². The van der Waals surface area contributed by atoms with Crippen LogP contribution in [-0.4, -0.2) is 64.1 Å². The number of nitrogens with zero attached hydrogens (tertiary/aromatic N) is 2. The van der Waals surface area contributed by atoms with E-state index in [1.807, 2.05) is 95.3 Å². The Hall–Kier alpha value is -4.27. The second kappa shape index (κ2) is 15.3. The highest BCUT2D eigenvalue weighted by molar-refractivity contribution is 5.92. The van der Waals surface area contributed by atoms with Gasteiger partial charge in [-0.2, -0.15) is 0 Å². The quantitative estimate of drug-likeness (QED) is 0.157. The number of allylic oxidation sites excluding steroid dienone is 1. The van der Waals surface area contributed by atoms with Crippen LogP contribution in [0.15, 0.2) is 73.3 Å². The Morgan fingerprint density at radius 1 is 0.729 bits per heavy atom. The topological polar surface area (TPSA) is 110 Å². The Labute approximate surface area is 285 Å². The lowest BCUT2D eigenvalue weighted by molar-refractivity contribution is -0.168. The third-order valence-electron chi connectivity index (χ3n) is 8.74. The summed E-state index contributed by atoms with van der Waals surface area (Å²) >= 11 is 0. The van der Waals surface area contributed by atoms with Gasteiger partial charge in [-0.15, -0.1) is 6.58 Å². The molecule has 9 nitrogen and oxygen atoms in total. The van der Waals surface area contributed by atoms with E-state index in [2.05, 4.69) is 6.58 Å². The lowest BCUT2D eigenvalue weighted by Gasteiger charge is -2.31. The molecule has 0 N–H and O–H groups in total. The van der Waals surface area contributed by atoms with Gasteiger partial charge in [0.2, 0.25) is 11.8 Å². The SMILES string of the molecule is C=CC[C@]1(C(=O)OC(C)(C)C)CC(=O)N([C@H](C)c2ccccc2)C1.C[C@H](c1ccccc1)N1C[C@@](CC=O)(C(=O)OC(C)(C)C)CC1=O. The standard InChI is InChI=1S/C20H27NO3.C19H25NO4/c1-6-12-20(18(23)24-19(3,4)5)13-17(22)21(14-20)15(2)16-10-8-7-9-11-16;1-14(15-8-6-5-7-9-15)20-13-19(10-11-21,12-16(20)22)17(23)24-18(2,3)4/h6-11,15H,1,12-14H2,2-5H3;5-9,11,14H,10,12-13H2,1-4H3/t15-,20+;14-,19+/m11/s1. The van der Waals surface area contributed by atoms with E-state index in [1.165, 1.54) is 0 Å². The molecule has 0 radical (unpaired) electrons. The highest BCUT2D eigenvalue weighted by atomic mass is 16.6. The first-order valence-electron chi connectivity index (χ1n) is 16.6. The third kappa shape index (κ3) is 9.42. The molecule has 0 unspecified atom stereocenters. The number of likely N-dealkylation sites (tertiary alicyclic amines) is 2. The molecule has 4 atom stereocenters. The summed E-state index contributed by atoms with van der Waals surface area (Å²) in [4.78, 5) is 65.2. The smallest absolute Gasteiger partial charge is 0.315 e. The van der Waals surface area contributed by atoms with Crippen molar-refractivity contribution in [1.29, 1.82) is 0 Å². The number of aldehydes is 1. The zero-order chi connectivity index (χ0) is 35.9. The molecular weight excluding hydrogens is 608 g/mol. The molecular formula is C39H52N2O7. The van der Waals surface area contributed by atoms with Gasteiger partial charge in [0.15, 0.2) is 0 Å². The van der Waals surface area contributed by atoms with Crippen molar-refractivity contribution in [1.82, 2.24) is 9.80 Å². The van der Waals surface area contributed by atoms with E-state index in [0.29, 0.717) is 19.3 Å². The van der Waals surface area contributed by atoms with E-state index in [-0.39, 0.29) is 55.7 Å². The summed E-state index contributed by atoms with van der Waals surface area (Å²) in [5.74, 6) is -0.928. The first-order chi connectivity index (χ1) is 22.4. The van der Waals surface area contributed by atoms with E-state index < -0.39 is 28.0 Å². The lowest BCUT2D eigenvalue weighted by atomic mass is 9.83. The van der Waals surface area contributed by atoms with Crippen LogP contribution >= 0.6 is 0 Å². The maximum absolute atomic E-state index is 12.8. The molecule has 2 aliphatic rings. The number of amides is 2. The van der Waals surface area contributed by atoms with Gasteiger partial charge in [0.25, 0.3) is 0 Å². The Morgan fingerprint density at radius 3 is 1.40 bits per heavy atom. The van der Waals surface area contributed by atoms with Crippen LogP contribution < -0.4 is 0 Å². The van der Waals surface area contributed by atoms with E-state index in [0.717, 1.165) is 11.1 Å². The molecule has 260 valence electrons. The van der Waals surface area contributed by atoms with Crippen LogP contribution in [0.3, 0.4) is 0 Å². The van der Waals surface area contributed by atoms with Gasteiger partial charge in [-0.3, -0.25) is 19.2 Å². The molecule has 0 saturated carbocycles. The van der Waals surface area contributed by atoms with Gasteiger partial charge < -0.3 is 24.1 Å². The Bertz CT molecular complexity index is 1350. The van der Waals surface area contributed by atoms with Crippen LogP contribution in [0.2, 0.25) is 0 Å². The first kappa shape index (κ1) is 38.2. The lowest BCUT2D eigenvalue weighted by Crippen LogP contribution is -2.40.